The highest BCUT2D eigenvalue weighted by molar-refractivity contribution is 5.91. The Labute approximate surface area is 166 Å². The van der Waals surface area contributed by atoms with Gasteiger partial charge in [0.2, 0.25) is 5.91 Å². The van der Waals surface area contributed by atoms with Crippen LogP contribution in [0.3, 0.4) is 0 Å². The van der Waals surface area contributed by atoms with Crippen molar-refractivity contribution < 1.29 is 14.6 Å². The number of nitro benzene ring substituents is 2. The number of carbonyl (C=O) groups is 1. The Balaban J connectivity index is 0.000000537. The molecule has 0 aromatic heterocycles. The van der Waals surface area contributed by atoms with Crippen LogP contribution in [0, 0.1) is 20.2 Å². The minimum absolute atomic E-state index is 0.283. The number of nitrogens with zero attached hydrogens (tertiary/aromatic N) is 2. The van der Waals surface area contributed by atoms with Crippen molar-refractivity contribution in [3.05, 3.63) is 106 Å². The molecule has 0 aliphatic rings. The highest BCUT2D eigenvalue weighted by Crippen LogP contribution is 2.41. The zero-order chi connectivity index (χ0) is 21.4. The van der Waals surface area contributed by atoms with Gasteiger partial charge in [0.05, 0.1) is 21.5 Å². The molecule has 29 heavy (non-hydrogen) atoms. The van der Waals surface area contributed by atoms with Gasteiger partial charge < -0.3 is 5.73 Å². The van der Waals surface area contributed by atoms with Crippen LogP contribution in [0.2, 0.25) is 0 Å². The first-order valence-electron chi connectivity index (χ1n) is 8.34. The first-order chi connectivity index (χ1) is 13.8. The number of nitrogens with two attached hydrogens (primary N) is 1. The molecule has 0 atom stereocenters. The second-order valence-electron chi connectivity index (χ2n) is 5.74. The van der Waals surface area contributed by atoms with Crippen LogP contribution in [0.25, 0.3) is 22.3 Å². The second-order valence-corrected chi connectivity index (χ2v) is 5.74. The molecule has 0 aliphatic heterocycles. The number of hydrogen-bond acceptors (Lipinski definition) is 5. The number of amides is 1. The third-order valence-electron chi connectivity index (χ3n) is 3.86. The van der Waals surface area contributed by atoms with Crippen molar-refractivity contribution in [2.24, 2.45) is 5.73 Å². The molecule has 8 heteroatoms. The number of primary amides is 1. The first kappa shape index (κ1) is 21.0. The number of hydrogen-bond donors (Lipinski definition) is 1. The zero-order valence-corrected chi connectivity index (χ0v) is 15.2. The van der Waals surface area contributed by atoms with Gasteiger partial charge in [-0.1, -0.05) is 67.2 Å². The van der Waals surface area contributed by atoms with Crippen LogP contribution in [-0.2, 0) is 4.79 Å². The maximum atomic E-state index is 11.5. The molecule has 0 aliphatic carbocycles. The van der Waals surface area contributed by atoms with E-state index >= 15 is 0 Å². The third-order valence-corrected chi connectivity index (χ3v) is 3.86. The summed E-state index contributed by atoms with van der Waals surface area (Å²) < 4.78 is 0. The fraction of sp³-hybridized carbons (Fsp3) is 0. The summed E-state index contributed by atoms with van der Waals surface area (Å²) in [6.07, 6.45) is 1.06. The van der Waals surface area contributed by atoms with Gasteiger partial charge in [-0.05, 0) is 17.2 Å². The van der Waals surface area contributed by atoms with Gasteiger partial charge in [0.15, 0.2) is 0 Å². The van der Waals surface area contributed by atoms with E-state index in [0.717, 1.165) is 12.1 Å². The standard InChI is InChI=1S/C18H12N2O4.C3H5NO/c21-19(22)15-11-16(13-7-3-1-4-8-13)18(17(12-15)20(23)24)14-9-5-2-6-10-14;1-2-3(4)5/h1-12H;2H,1H2,(H2,4,5). The van der Waals surface area contributed by atoms with Crippen LogP contribution in [0.5, 0.6) is 0 Å². The molecule has 3 rings (SSSR count). The lowest BCUT2D eigenvalue weighted by Gasteiger charge is -2.11. The summed E-state index contributed by atoms with van der Waals surface area (Å²) in [5, 5.41) is 22.7. The summed E-state index contributed by atoms with van der Waals surface area (Å²) in [7, 11) is 0. The van der Waals surface area contributed by atoms with Crippen molar-refractivity contribution in [1.29, 1.82) is 0 Å². The van der Waals surface area contributed by atoms with Crippen molar-refractivity contribution in [2.75, 3.05) is 0 Å². The van der Waals surface area contributed by atoms with Gasteiger partial charge >= 0.3 is 0 Å². The minimum atomic E-state index is -0.617. The summed E-state index contributed by atoms with van der Waals surface area (Å²) in [6, 6.07) is 20.2. The fourth-order valence-electron chi connectivity index (χ4n) is 2.61. The SMILES string of the molecule is C=CC(N)=O.O=[N+]([O-])c1cc(-c2ccccc2)c(-c2ccccc2)c([N+](=O)[O-])c1. The Hall–Kier alpha value is -4.33. The van der Waals surface area contributed by atoms with E-state index in [-0.39, 0.29) is 11.4 Å². The molecule has 3 aromatic carbocycles. The second kappa shape index (κ2) is 9.56. The van der Waals surface area contributed by atoms with Crippen LogP contribution in [0.4, 0.5) is 11.4 Å². The molecule has 2 N–H and O–H groups in total. The molecule has 0 saturated carbocycles. The van der Waals surface area contributed by atoms with Gasteiger partial charge in [-0.25, -0.2) is 0 Å². The Kier molecular flexibility index (Phi) is 6.92. The molecule has 0 heterocycles. The molecule has 0 saturated heterocycles. The molecular formula is C21H17N3O5. The molecule has 0 fully saturated rings. The van der Waals surface area contributed by atoms with E-state index in [1.807, 2.05) is 12.1 Å². The fourth-order valence-corrected chi connectivity index (χ4v) is 2.61. The Morgan fingerprint density at radius 3 is 1.76 bits per heavy atom. The van der Waals surface area contributed by atoms with Crippen LogP contribution in [-0.4, -0.2) is 15.8 Å². The molecule has 3 aromatic rings. The summed E-state index contributed by atoms with van der Waals surface area (Å²) in [5.41, 5.74) is 6.10. The van der Waals surface area contributed by atoms with Gasteiger partial charge in [-0.3, -0.25) is 25.0 Å². The Morgan fingerprint density at radius 2 is 1.34 bits per heavy atom. The van der Waals surface area contributed by atoms with E-state index in [2.05, 4.69) is 12.3 Å². The van der Waals surface area contributed by atoms with Gasteiger partial charge in [-0.2, -0.15) is 0 Å². The van der Waals surface area contributed by atoms with E-state index in [1.165, 1.54) is 6.07 Å². The lowest BCUT2D eigenvalue weighted by atomic mass is 9.92. The van der Waals surface area contributed by atoms with Crippen LogP contribution in [0.15, 0.2) is 85.5 Å². The molecule has 0 unspecified atom stereocenters. The topological polar surface area (TPSA) is 129 Å². The number of rotatable bonds is 5. The molecule has 0 bridgehead atoms. The van der Waals surface area contributed by atoms with Gasteiger partial charge in [0, 0.05) is 11.6 Å². The summed E-state index contributed by atoms with van der Waals surface area (Å²) in [6.45, 7) is 3.09. The lowest BCUT2D eigenvalue weighted by Crippen LogP contribution is -2.04. The third kappa shape index (κ3) is 5.33. The average Bonchev–Trinajstić information content (AvgIpc) is 2.74. The largest absolute Gasteiger partial charge is 0.366 e. The molecule has 0 radical (unpaired) electrons. The Bertz CT molecular complexity index is 1050. The molecule has 0 spiro atoms. The lowest BCUT2D eigenvalue weighted by molar-refractivity contribution is -0.393. The van der Waals surface area contributed by atoms with Crippen molar-refractivity contribution in [3.63, 3.8) is 0 Å². The van der Waals surface area contributed by atoms with Crippen molar-refractivity contribution in [3.8, 4) is 22.3 Å². The van der Waals surface area contributed by atoms with Gasteiger partial charge in [-0.15, -0.1) is 0 Å². The van der Waals surface area contributed by atoms with Gasteiger partial charge in [0.25, 0.3) is 11.4 Å². The number of non-ortho nitro benzene ring substituents is 1. The van der Waals surface area contributed by atoms with Crippen LogP contribution in [0.1, 0.15) is 0 Å². The number of benzene rings is 3. The predicted molar refractivity (Wildman–Crippen MR) is 110 cm³/mol. The molecule has 1 amide bonds. The van der Waals surface area contributed by atoms with E-state index in [9.17, 15) is 25.0 Å². The van der Waals surface area contributed by atoms with Crippen LogP contribution < -0.4 is 5.73 Å². The number of carbonyl (C=O) groups excluding carboxylic acids is 1. The first-order valence-corrected chi connectivity index (χ1v) is 8.34. The van der Waals surface area contributed by atoms with Crippen LogP contribution >= 0.6 is 0 Å². The summed E-state index contributed by atoms with van der Waals surface area (Å²) in [4.78, 5) is 31.0. The Morgan fingerprint density at radius 1 is 0.862 bits per heavy atom. The summed E-state index contributed by atoms with van der Waals surface area (Å²) in [5.74, 6) is -0.481. The van der Waals surface area contributed by atoms with E-state index < -0.39 is 15.8 Å². The quantitative estimate of drug-likeness (QED) is 0.389. The van der Waals surface area contributed by atoms with Crippen molar-refractivity contribution >= 4 is 17.3 Å². The highest BCUT2D eigenvalue weighted by Gasteiger charge is 2.25. The average molecular weight is 391 g/mol. The molecular weight excluding hydrogens is 374 g/mol. The predicted octanol–water partition coefficient (Wildman–Crippen LogP) is 4.49. The minimum Gasteiger partial charge on any atom is -0.366 e. The zero-order valence-electron chi connectivity index (χ0n) is 15.2. The van der Waals surface area contributed by atoms with E-state index in [0.29, 0.717) is 22.3 Å². The highest BCUT2D eigenvalue weighted by atomic mass is 16.6. The van der Waals surface area contributed by atoms with E-state index in [4.69, 9.17) is 0 Å². The maximum absolute atomic E-state index is 11.5. The summed E-state index contributed by atoms with van der Waals surface area (Å²) >= 11 is 0. The normalized spacial score (nSPS) is 9.66. The maximum Gasteiger partial charge on any atom is 0.284 e. The van der Waals surface area contributed by atoms with Crippen molar-refractivity contribution in [2.45, 2.75) is 0 Å². The monoisotopic (exact) mass is 391 g/mol. The molecule has 8 nitrogen and oxygen atoms in total. The van der Waals surface area contributed by atoms with Gasteiger partial charge in [0.1, 0.15) is 0 Å². The number of nitro groups is 2. The smallest absolute Gasteiger partial charge is 0.284 e. The van der Waals surface area contributed by atoms with E-state index in [1.54, 1.807) is 48.5 Å². The van der Waals surface area contributed by atoms with Crippen molar-refractivity contribution in [1.82, 2.24) is 0 Å². The molecule has 146 valence electrons.